The number of aromatic nitrogens is 2. The maximum absolute atomic E-state index is 12.4. The second-order valence-electron chi connectivity index (χ2n) is 8.11. The molecule has 2 aromatic rings. The lowest BCUT2D eigenvalue weighted by molar-refractivity contribution is -0.0980. The minimum absolute atomic E-state index is 0.0597. The SMILES string of the molecule is C=O.CCn1c(-c2cc(N)cc(O)c2)cnc(NC(C)C)c1=O.CNCC1=CCC=C(C(=N)N)C=C1. The summed E-state index contributed by atoms with van der Waals surface area (Å²) in [6.07, 6.45) is 10.4. The van der Waals surface area contributed by atoms with Gasteiger partial charge in [0.2, 0.25) is 0 Å². The van der Waals surface area contributed by atoms with Crippen LogP contribution in [0, 0.1) is 5.41 Å². The van der Waals surface area contributed by atoms with E-state index in [1.165, 1.54) is 11.6 Å². The standard InChI is InChI=1S/C15H20N4O2.C10H15N3.CH2O/c1-4-19-13(10-5-11(16)7-12(20)6-10)8-17-14(15(19)21)18-9(2)3;1-13-7-8-3-2-4-9(6-5-8)10(11)12;1-2/h5-9,20H,4,16H2,1-3H3,(H,17,18);3-6,13H,2,7H2,1H3,(H3,11,12);1H2. The average Bonchev–Trinajstić information content (AvgIpc) is 3.07. The number of rotatable bonds is 7. The van der Waals surface area contributed by atoms with E-state index in [0.717, 1.165) is 18.5 Å². The highest BCUT2D eigenvalue weighted by Crippen LogP contribution is 2.26. The summed E-state index contributed by atoms with van der Waals surface area (Å²) in [5.74, 6) is 0.517. The lowest BCUT2D eigenvalue weighted by Gasteiger charge is -2.15. The van der Waals surface area contributed by atoms with Crippen molar-refractivity contribution >= 4 is 24.1 Å². The van der Waals surface area contributed by atoms with Gasteiger partial charge in [0, 0.05) is 42.0 Å². The van der Waals surface area contributed by atoms with Crippen LogP contribution in [0.1, 0.15) is 27.2 Å². The summed E-state index contributed by atoms with van der Waals surface area (Å²) in [6.45, 7) is 9.13. The third-order valence-corrected chi connectivity index (χ3v) is 4.92. The molecule has 1 aliphatic carbocycles. The number of amidine groups is 1. The largest absolute Gasteiger partial charge is 0.508 e. The molecule has 0 radical (unpaired) electrons. The van der Waals surface area contributed by atoms with Gasteiger partial charge in [-0.2, -0.15) is 0 Å². The van der Waals surface area contributed by atoms with Crippen LogP contribution in [0.5, 0.6) is 5.75 Å². The summed E-state index contributed by atoms with van der Waals surface area (Å²) < 4.78 is 1.60. The summed E-state index contributed by atoms with van der Waals surface area (Å²) >= 11 is 0. The number of nitrogens with two attached hydrogens (primary N) is 2. The summed E-state index contributed by atoms with van der Waals surface area (Å²) in [5.41, 5.74) is 14.7. The first kappa shape index (κ1) is 29.9. The lowest BCUT2D eigenvalue weighted by Crippen LogP contribution is -2.27. The van der Waals surface area contributed by atoms with Crippen molar-refractivity contribution < 1.29 is 9.90 Å². The third kappa shape index (κ3) is 8.88. The van der Waals surface area contributed by atoms with Gasteiger partial charge in [-0.3, -0.25) is 10.2 Å². The maximum atomic E-state index is 12.4. The van der Waals surface area contributed by atoms with Crippen LogP contribution >= 0.6 is 0 Å². The van der Waals surface area contributed by atoms with Gasteiger partial charge >= 0.3 is 0 Å². The van der Waals surface area contributed by atoms with Crippen LogP contribution in [0.15, 0.2) is 64.6 Å². The van der Waals surface area contributed by atoms with E-state index in [9.17, 15) is 9.90 Å². The highest BCUT2D eigenvalue weighted by Gasteiger charge is 2.12. The fourth-order valence-electron chi connectivity index (χ4n) is 3.39. The molecule has 3 rings (SSSR count). The van der Waals surface area contributed by atoms with Gasteiger partial charge in [-0.1, -0.05) is 24.3 Å². The predicted octanol–water partition coefficient (Wildman–Crippen LogP) is 2.81. The van der Waals surface area contributed by atoms with Gasteiger partial charge < -0.3 is 36.6 Å². The number of nitrogens with one attached hydrogen (secondary N) is 3. The number of anilines is 2. The fourth-order valence-corrected chi connectivity index (χ4v) is 3.39. The van der Waals surface area contributed by atoms with Gasteiger partial charge in [0.25, 0.3) is 5.56 Å². The van der Waals surface area contributed by atoms with Crippen LogP contribution < -0.4 is 27.7 Å². The van der Waals surface area contributed by atoms with Crippen LogP contribution in [0.4, 0.5) is 11.5 Å². The van der Waals surface area contributed by atoms with Gasteiger partial charge in [-0.25, -0.2) is 4.98 Å². The van der Waals surface area contributed by atoms with Crippen LogP contribution in [0.2, 0.25) is 0 Å². The molecule has 10 nitrogen and oxygen atoms in total. The van der Waals surface area contributed by atoms with E-state index in [-0.39, 0.29) is 23.2 Å². The van der Waals surface area contributed by atoms with Gasteiger partial charge in [0.15, 0.2) is 5.82 Å². The third-order valence-electron chi connectivity index (χ3n) is 4.92. The summed E-state index contributed by atoms with van der Waals surface area (Å²) in [4.78, 5) is 24.6. The number of phenols is 1. The van der Waals surface area contributed by atoms with E-state index >= 15 is 0 Å². The van der Waals surface area contributed by atoms with E-state index in [1.807, 2.05) is 52.8 Å². The highest BCUT2D eigenvalue weighted by molar-refractivity contribution is 5.97. The summed E-state index contributed by atoms with van der Waals surface area (Å²) in [7, 11) is 1.92. The molecule has 10 heteroatoms. The first-order valence-electron chi connectivity index (χ1n) is 11.5. The van der Waals surface area contributed by atoms with Gasteiger partial charge in [-0.05, 0) is 51.9 Å². The Hall–Kier alpha value is -4.18. The van der Waals surface area contributed by atoms with E-state index in [0.29, 0.717) is 29.3 Å². The minimum atomic E-state index is -0.189. The fraction of sp³-hybridized carbons (Fsp3) is 0.308. The zero-order valence-corrected chi connectivity index (χ0v) is 21.3. The smallest absolute Gasteiger partial charge is 0.293 e. The summed E-state index contributed by atoms with van der Waals surface area (Å²) in [5, 5.41) is 23.0. The molecule has 0 amide bonds. The first-order valence-corrected chi connectivity index (χ1v) is 11.5. The van der Waals surface area contributed by atoms with Crippen molar-refractivity contribution in [2.75, 3.05) is 24.6 Å². The molecule has 1 aliphatic rings. The molecule has 0 aliphatic heterocycles. The Balaban J connectivity index is 0.000000371. The van der Waals surface area contributed by atoms with E-state index in [2.05, 4.69) is 21.7 Å². The second kappa shape index (κ2) is 14.9. The number of hydrogen-bond donors (Lipinski definition) is 6. The number of carbonyl (C=O) groups excluding carboxylic acids is 1. The lowest BCUT2D eigenvalue weighted by atomic mass is 10.1. The molecule has 0 saturated heterocycles. The topological polar surface area (TPSA) is 172 Å². The zero-order chi connectivity index (χ0) is 27.3. The summed E-state index contributed by atoms with van der Waals surface area (Å²) in [6, 6.07) is 4.85. The number of phenolic OH excluding ortho intramolecular Hbond substituents is 1. The molecule has 0 atom stereocenters. The molecule has 0 fully saturated rings. The van der Waals surface area contributed by atoms with Crippen molar-refractivity contribution in [3.63, 3.8) is 0 Å². The number of aromatic hydroxyl groups is 1. The van der Waals surface area contributed by atoms with Gasteiger partial charge in [-0.15, -0.1) is 0 Å². The second-order valence-corrected chi connectivity index (χ2v) is 8.11. The van der Waals surface area contributed by atoms with Crippen molar-refractivity contribution in [3.8, 4) is 17.0 Å². The molecule has 0 unspecified atom stereocenters. The Morgan fingerprint density at radius 3 is 2.50 bits per heavy atom. The van der Waals surface area contributed by atoms with E-state index in [4.69, 9.17) is 21.7 Å². The minimum Gasteiger partial charge on any atom is -0.508 e. The monoisotopic (exact) mass is 495 g/mol. The predicted molar refractivity (Wildman–Crippen MR) is 147 cm³/mol. The number of carbonyl (C=O) groups is 1. The average molecular weight is 496 g/mol. The molecule has 0 bridgehead atoms. The van der Waals surface area contributed by atoms with Crippen molar-refractivity contribution in [3.05, 3.63) is 70.2 Å². The molecular weight excluding hydrogens is 458 g/mol. The Labute approximate surface area is 211 Å². The molecule has 1 heterocycles. The first-order chi connectivity index (χ1) is 17.2. The van der Waals surface area contributed by atoms with Crippen LogP contribution in [0.3, 0.4) is 0 Å². The molecule has 1 aromatic carbocycles. The number of likely N-dealkylation sites (N-methyl/N-ethyl adjacent to an activating group) is 1. The molecule has 0 spiro atoms. The van der Waals surface area contributed by atoms with Crippen molar-refractivity contribution in [2.24, 2.45) is 5.73 Å². The molecule has 194 valence electrons. The molecule has 36 heavy (non-hydrogen) atoms. The van der Waals surface area contributed by atoms with Crippen molar-refractivity contribution in [2.45, 2.75) is 39.8 Å². The Bertz CT molecular complexity index is 1160. The molecule has 0 saturated carbocycles. The number of nitrogens with zero attached hydrogens (tertiary/aromatic N) is 2. The van der Waals surface area contributed by atoms with Crippen LogP contribution in [0.25, 0.3) is 11.3 Å². The number of nitrogen functional groups attached to an aromatic ring is 1. The van der Waals surface area contributed by atoms with Gasteiger partial charge in [0.1, 0.15) is 18.4 Å². The normalized spacial score (nSPS) is 12.2. The highest BCUT2D eigenvalue weighted by atomic mass is 16.3. The molecule has 1 aromatic heterocycles. The number of benzene rings is 1. The Morgan fingerprint density at radius 1 is 1.25 bits per heavy atom. The number of allylic oxidation sites excluding steroid dienone is 2. The molecule has 8 N–H and O–H groups in total. The van der Waals surface area contributed by atoms with E-state index in [1.54, 1.807) is 22.9 Å². The Morgan fingerprint density at radius 2 is 1.94 bits per heavy atom. The molecular formula is C26H37N7O3. The maximum Gasteiger partial charge on any atom is 0.293 e. The number of hydrogen-bond acceptors (Lipinski definition) is 8. The van der Waals surface area contributed by atoms with Gasteiger partial charge in [0.05, 0.1) is 11.9 Å². The van der Waals surface area contributed by atoms with Crippen molar-refractivity contribution in [1.29, 1.82) is 5.41 Å². The zero-order valence-electron chi connectivity index (χ0n) is 21.3. The van der Waals surface area contributed by atoms with E-state index < -0.39 is 0 Å². The quantitative estimate of drug-likeness (QED) is 0.193. The van der Waals surface area contributed by atoms with Crippen LogP contribution in [-0.4, -0.2) is 46.9 Å². The van der Waals surface area contributed by atoms with Crippen LogP contribution in [-0.2, 0) is 11.3 Å². The Kier molecular flexibility index (Phi) is 12.4. The van der Waals surface area contributed by atoms with Crippen molar-refractivity contribution in [1.82, 2.24) is 14.9 Å².